The van der Waals surface area contributed by atoms with Gasteiger partial charge in [0.2, 0.25) is 0 Å². The smallest absolute Gasteiger partial charge is 0.295 e. The van der Waals surface area contributed by atoms with Gasteiger partial charge in [-0.05, 0) is 24.3 Å². The number of amides is 1. The molecule has 148 valence electrons. The average molecular weight is 405 g/mol. The first-order valence-electron chi connectivity index (χ1n) is 8.50. The van der Waals surface area contributed by atoms with Gasteiger partial charge in [-0.3, -0.25) is 14.9 Å². The molecule has 0 radical (unpaired) electrons. The Morgan fingerprint density at radius 1 is 1.11 bits per heavy atom. The third-order valence-corrected chi connectivity index (χ3v) is 5.46. The summed E-state index contributed by atoms with van der Waals surface area (Å²) in [5.74, 6) is -0.814. The van der Waals surface area contributed by atoms with E-state index in [1.807, 2.05) is 9.73 Å². The number of nitrogens with zero attached hydrogens (tertiary/aromatic N) is 2. The molecule has 0 bridgehead atoms. The fourth-order valence-electron chi connectivity index (χ4n) is 2.70. The monoisotopic (exact) mass is 405 g/mol. The van der Waals surface area contributed by atoms with E-state index in [2.05, 4.69) is 10.7 Å². The number of piperazine rings is 1. The van der Waals surface area contributed by atoms with Gasteiger partial charge in [0.25, 0.3) is 21.6 Å². The zero-order valence-electron chi connectivity index (χ0n) is 14.8. The molecule has 11 heteroatoms. The minimum Gasteiger partial charge on any atom is -0.314 e. The Morgan fingerprint density at radius 3 is 2.43 bits per heavy atom. The molecule has 0 atom stereocenters. The average Bonchev–Trinajstić information content (AvgIpc) is 2.69. The molecule has 1 aliphatic rings. The Kier molecular flexibility index (Phi) is 5.87. The molecule has 1 aliphatic heterocycles. The van der Waals surface area contributed by atoms with E-state index in [0.29, 0.717) is 13.1 Å². The first kappa shape index (κ1) is 19.7. The number of nitro groups is 1. The molecule has 0 aromatic heterocycles. The molecular weight excluding hydrogens is 386 g/mol. The van der Waals surface area contributed by atoms with E-state index in [-0.39, 0.29) is 16.1 Å². The SMILES string of the molecule is O=C(NS(=O)(=O)c1ccc(NN2CCNCC2)c([N+](=O)[O-])c1)c1ccccc1. The molecule has 2 aromatic rings. The van der Waals surface area contributed by atoms with E-state index in [9.17, 15) is 23.3 Å². The van der Waals surface area contributed by atoms with Crippen LogP contribution in [0.3, 0.4) is 0 Å². The maximum atomic E-state index is 12.5. The predicted molar refractivity (Wildman–Crippen MR) is 102 cm³/mol. The molecule has 28 heavy (non-hydrogen) atoms. The summed E-state index contributed by atoms with van der Waals surface area (Å²) >= 11 is 0. The number of benzene rings is 2. The van der Waals surface area contributed by atoms with Gasteiger partial charge in [0.05, 0.1) is 9.82 Å². The summed E-state index contributed by atoms with van der Waals surface area (Å²) in [6.07, 6.45) is 0. The van der Waals surface area contributed by atoms with Gasteiger partial charge in [0.15, 0.2) is 0 Å². The highest BCUT2D eigenvalue weighted by Crippen LogP contribution is 2.28. The maximum Gasteiger partial charge on any atom is 0.295 e. The summed E-state index contributed by atoms with van der Waals surface area (Å²) in [5, 5.41) is 16.4. The zero-order valence-corrected chi connectivity index (χ0v) is 15.6. The van der Waals surface area contributed by atoms with Crippen molar-refractivity contribution in [3.63, 3.8) is 0 Å². The highest BCUT2D eigenvalue weighted by molar-refractivity contribution is 7.90. The highest BCUT2D eigenvalue weighted by Gasteiger charge is 2.24. The van der Waals surface area contributed by atoms with Gasteiger partial charge >= 0.3 is 0 Å². The first-order chi connectivity index (χ1) is 13.4. The Bertz CT molecular complexity index is 975. The number of hydrogen-bond acceptors (Lipinski definition) is 8. The van der Waals surface area contributed by atoms with Crippen molar-refractivity contribution >= 4 is 27.3 Å². The van der Waals surface area contributed by atoms with Crippen LogP contribution in [0, 0.1) is 10.1 Å². The topological polar surface area (TPSA) is 134 Å². The second-order valence-corrected chi connectivity index (χ2v) is 7.77. The fraction of sp³-hybridized carbons (Fsp3) is 0.235. The van der Waals surface area contributed by atoms with Crippen molar-refractivity contribution in [3.8, 4) is 0 Å². The Balaban J connectivity index is 1.83. The van der Waals surface area contributed by atoms with Gasteiger partial charge in [-0.1, -0.05) is 18.2 Å². The second kappa shape index (κ2) is 8.33. The molecule has 0 unspecified atom stereocenters. The molecule has 0 spiro atoms. The number of carbonyl (C=O) groups excluding carboxylic acids is 1. The Hall–Kier alpha value is -3.02. The summed E-state index contributed by atoms with van der Waals surface area (Å²) in [4.78, 5) is 22.5. The largest absolute Gasteiger partial charge is 0.314 e. The first-order valence-corrected chi connectivity index (χ1v) is 9.98. The third-order valence-electron chi connectivity index (χ3n) is 4.13. The number of carbonyl (C=O) groups is 1. The van der Waals surface area contributed by atoms with E-state index in [4.69, 9.17) is 0 Å². The lowest BCUT2D eigenvalue weighted by molar-refractivity contribution is -0.384. The lowest BCUT2D eigenvalue weighted by atomic mass is 10.2. The molecule has 1 heterocycles. The predicted octanol–water partition coefficient (Wildman–Crippen LogP) is 0.946. The number of sulfonamides is 1. The lowest BCUT2D eigenvalue weighted by Crippen LogP contribution is -2.46. The van der Waals surface area contributed by atoms with Crippen LogP contribution >= 0.6 is 0 Å². The van der Waals surface area contributed by atoms with Crippen LogP contribution in [0.25, 0.3) is 0 Å². The van der Waals surface area contributed by atoms with Crippen molar-refractivity contribution in [1.82, 2.24) is 15.0 Å². The summed E-state index contributed by atoms with van der Waals surface area (Å²) in [6, 6.07) is 11.3. The number of anilines is 1. The molecule has 1 amide bonds. The number of hydrogen-bond donors (Lipinski definition) is 3. The minimum absolute atomic E-state index is 0.164. The summed E-state index contributed by atoms with van der Waals surface area (Å²) < 4.78 is 26.9. The van der Waals surface area contributed by atoms with Crippen molar-refractivity contribution < 1.29 is 18.1 Å². The van der Waals surface area contributed by atoms with Crippen LogP contribution < -0.4 is 15.5 Å². The molecule has 0 aliphatic carbocycles. The van der Waals surface area contributed by atoms with Gasteiger partial charge in [0, 0.05) is 37.8 Å². The lowest BCUT2D eigenvalue weighted by Gasteiger charge is -2.28. The van der Waals surface area contributed by atoms with E-state index in [1.165, 1.54) is 24.3 Å². The standard InChI is InChI=1S/C17H19N5O5S/c23-17(13-4-2-1-3-5-13)20-28(26,27)14-6-7-15(16(12-14)22(24)25)19-21-10-8-18-9-11-21/h1-7,12,18-19H,8-11H2,(H,20,23). The molecule has 1 fully saturated rings. The van der Waals surface area contributed by atoms with E-state index in [0.717, 1.165) is 19.2 Å². The molecule has 10 nitrogen and oxygen atoms in total. The van der Waals surface area contributed by atoms with Crippen LogP contribution in [-0.4, -0.2) is 50.4 Å². The zero-order chi connectivity index (χ0) is 20.1. The van der Waals surface area contributed by atoms with Crippen LogP contribution in [0.4, 0.5) is 11.4 Å². The van der Waals surface area contributed by atoms with Crippen molar-refractivity contribution in [2.45, 2.75) is 4.90 Å². The van der Waals surface area contributed by atoms with Crippen molar-refractivity contribution in [1.29, 1.82) is 0 Å². The van der Waals surface area contributed by atoms with Gasteiger partial charge in [-0.25, -0.2) is 18.1 Å². The van der Waals surface area contributed by atoms with Crippen LogP contribution in [-0.2, 0) is 10.0 Å². The minimum atomic E-state index is -4.27. The van der Waals surface area contributed by atoms with Crippen molar-refractivity contribution in [3.05, 3.63) is 64.2 Å². The summed E-state index contributed by atoms with van der Waals surface area (Å²) in [5.41, 5.74) is 2.90. The van der Waals surface area contributed by atoms with Crippen LogP contribution in [0.5, 0.6) is 0 Å². The summed E-state index contributed by atoms with van der Waals surface area (Å²) in [7, 11) is -4.27. The van der Waals surface area contributed by atoms with E-state index in [1.54, 1.807) is 18.2 Å². The number of nitrogens with one attached hydrogen (secondary N) is 3. The van der Waals surface area contributed by atoms with Gasteiger partial charge < -0.3 is 10.7 Å². The highest BCUT2D eigenvalue weighted by atomic mass is 32.2. The quantitative estimate of drug-likeness (QED) is 0.478. The number of nitro benzene ring substituents is 1. The van der Waals surface area contributed by atoms with Gasteiger partial charge in [0.1, 0.15) is 5.69 Å². The summed E-state index contributed by atoms with van der Waals surface area (Å²) in [6.45, 7) is 2.76. The fourth-order valence-corrected chi connectivity index (χ4v) is 3.69. The van der Waals surface area contributed by atoms with Crippen molar-refractivity contribution in [2.75, 3.05) is 31.6 Å². The molecule has 0 saturated carbocycles. The molecule has 3 rings (SSSR count). The van der Waals surface area contributed by atoms with Crippen LogP contribution in [0.1, 0.15) is 10.4 Å². The molecule has 3 N–H and O–H groups in total. The van der Waals surface area contributed by atoms with Gasteiger partial charge in [-0.2, -0.15) is 0 Å². The van der Waals surface area contributed by atoms with Crippen LogP contribution in [0.15, 0.2) is 53.4 Å². The van der Waals surface area contributed by atoms with Crippen LogP contribution in [0.2, 0.25) is 0 Å². The van der Waals surface area contributed by atoms with Gasteiger partial charge in [-0.15, -0.1) is 0 Å². The normalized spacial score (nSPS) is 15.0. The molecule has 2 aromatic carbocycles. The molecule has 1 saturated heterocycles. The van der Waals surface area contributed by atoms with E-state index >= 15 is 0 Å². The van der Waals surface area contributed by atoms with Crippen molar-refractivity contribution in [2.24, 2.45) is 0 Å². The number of rotatable bonds is 6. The Morgan fingerprint density at radius 2 is 1.79 bits per heavy atom. The van der Waals surface area contributed by atoms with E-state index < -0.39 is 26.5 Å². The maximum absolute atomic E-state index is 12.5. The Labute approximate surface area is 161 Å². The second-order valence-electron chi connectivity index (χ2n) is 6.09. The number of hydrazine groups is 1. The third kappa shape index (κ3) is 4.63. The molecular formula is C17H19N5O5S.